The molecule has 3 rings (SSSR count). The molecule has 1 atom stereocenters. The molecular formula is C17H24N4. The number of hydrogen-bond acceptors (Lipinski definition) is 3. The number of hydrogen-bond donors (Lipinski definition) is 1. The second kappa shape index (κ2) is 6.39. The second-order valence-corrected chi connectivity index (χ2v) is 6.05. The highest BCUT2D eigenvalue weighted by atomic mass is 15.3. The maximum absolute atomic E-state index is 6.35. The fourth-order valence-electron chi connectivity index (χ4n) is 3.38. The molecule has 1 aliphatic rings. The number of aryl methyl sites for hydroxylation is 1. The Hall–Kier alpha value is -1.68. The zero-order chi connectivity index (χ0) is 14.7. The van der Waals surface area contributed by atoms with Crippen LogP contribution in [0.3, 0.4) is 0 Å². The second-order valence-electron chi connectivity index (χ2n) is 6.05. The van der Waals surface area contributed by atoms with Gasteiger partial charge in [-0.3, -0.25) is 0 Å². The molecule has 0 radical (unpaired) electrons. The Labute approximate surface area is 126 Å². The minimum atomic E-state index is -0.0165. The first-order chi connectivity index (χ1) is 10.3. The molecule has 1 heterocycles. The zero-order valence-electron chi connectivity index (χ0n) is 12.7. The van der Waals surface area contributed by atoms with Gasteiger partial charge in [0.15, 0.2) is 0 Å². The molecule has 21 heavy (non-hydrogen) atoms. The molecule has 1 aromatic carbocycles. The zero-order valence-corrected chi connectivity index (χ0v) is 12.7. The van der Waals surface area contributed by atoms with Gasteiger partial charge in [0.05, 0.1) is 0 Å². The third kappa shape index (κ3) is 3.16. The summed E-state index contributed by atoms with van der Waals surface area (Å²) in [5.74, 6) is 2.06. The van der Waals surface area contributed by atoms with E-state index in [-0.39, 0.29) is 6.04 Å². The quantitative estimate of drug-likeness (QED) is 0.937. The normalized spacial score (nSPS) is 17.8. The van der Waals surface area contributed by atoms with Crippen LogP contribution in [0.15, 0.2) is 30.3 Å². The molecule has 1 aromatic heterocycles. The van der Waals surface area contributed by atoms with Crippen LogP contribution in [0.4, 0.5) is 0 Å². The summed E-state index contributed by atoms with van der Waals surface area (Å²) in [6.45, 7) is 2.05. The first kappa shape index (κ1) is 14.3. The first-order valence-electron chi connectivity index (χ1n) is 7.96. The van der Waals surface area contributed by atoms with Gasteiger partial charge in [0, 0.05) is 18.5 Å². The van der Waals surface area contributed by atoms with Crippen LogP contribution in [0.5, 0.6) is 0 Å². The molecule has 0 aliphatic heterocycles. The molecule has 1 aliphatic carbocycles. The Morgan fingerprint density at radius 1 is 1.14 bits per heavy atom. The van der Waals surface area contributed by atoms with E-state index in [1.54, 1.807) is 0 Å². The van der Waals surface area contributed by atoms with Crippen LogP contribution in [0.25, 0.3) is 0 Å². The average Bonchev–Trinajstić information content (AvgIpc) is 2.89. The van der Waals surface area contributed by atoms with Gasteiger partial charge in [-0.25, -0.2) is 0 Å². The SMILES string of the molecule is Cc1nnc(CC(N)c2ccccc2)n1C1CCCCC1. The van der Waals surface area contributed by atoms with Crippen LogP contribution in [0.1, 0.15) is 61.4 Å². The van der Waals surface area contributed by atoms with Crippen molar-refractivity contribution in [1.29, 1.82) is 0 Å². The molecule has 1 saturated carbocycles. The van der Waals surface area contributed by atoms with E-state index in [9.17, 15) is 0 Å². The van der Waals surface area contributed by atoms with Crippen molar-refractivity contribution in [3.05, 3.63) is 47.5 Å². The van der Waals surface area contributed by atoms with Gasteiger partial charge in [0.1, 0.15) is 11.6 Å². The standard InChI is InChI=1S/C17H24N4/c1-13-19-20-17(21(13)15-10-6-3-7-11-15)12-16(18)14-8-4-2-5-9-14/h2,4-5,8-9,15-16H,3,6-7,10-12,18H2,1H3. The summed E-state index contributed by atoms with van der Waals surface area (Å²) < 4.78 is 2.34. The topological polar surface area (TPSA) is 56.7 Å². The van der Waals surface area contributed by atoms with Gasteiger partial charge in [0.25, 0.3) is 0 Å². The van der Waals surface area contributed by atoms with E-state index in [1.165, 1.54) is 32.1 Å². The monoisotopic (exact) mass is 284 g/mol. The molecule has 1 fully saturated rings. The summed E-state index contributed by atoms with van der Waals surface area (Å²) in [6, 6.07) is 10.8. The molecule has 0 saturated heterocycles. The highest BCUT2D eigenvalue weighted by Crippen LogP contribution is 2.30. The van der Waals surface area contributed by atoms with Crippen LogP contribution < -0.4 is 5.73 Å². The van der Waals surface area contributed by atoms with Crippen LogP contribution in [0.2, 0.25) is 0 Å². The summed E-state index contributed by atoms with van der Waals surface area (Å²) in [5.41, 5.74) is 7.51. The van der Waals surface area contributed by atoms with E-state index in [0.29, 0.717) is 6.04 Å². The van der Waals surface area contributed by atoms with Crippen molar-refractivity contribution in [3.8, 4) is 0 Å². The minimum Gasteiger partial charge on any atom is -0.324 e. The lowest BCUT2D eigenvalue weighted by molar-refractivity contribution is 0.339. The van der Waals surface area contributed by atoms with Gasteiger partial charge < -0.3 is 10.3 Å². The minimum absolute atomic E-state index is 0.0165. The van der Waals surface area contributed by atoms with E-state index in [0.717, 1.165) is 23.6 Å². The van der Waals surface area contributed by atoms with Crippen LogP contribution in [-0.4, -0.2) is 14.8 Å². The van der Waals surface area contributed by atoms with Crippen molar-refractivity contribution in [2.75, 3.05) is 0 Å². The summed E-state index contributed by atoms with van der Waals surface area (Å²) in [4.78, 5) is 0. The van der Waals surface area contributed by atoms with Crippen molar-refractivity contribution in [3.63, 3.8) is 0 Å². The molecule has 0 amide bonds. The fraction of sp³-hybridized carbons (Fsp3) is 0.529. The number of aromatic nitrogens is 3. The molecule has 112 valence electrons. The molecule has 4 nitrogen and oxygen atoms in total. The third-order valence-corrected chi connectivity index (χ3v) is 4.51. The van der Waals surface area contributed by atoms with Gasteiger partial charge in [-0.1, -0.05) is 49.6 Å². The van der Waals surface area contributed by atoms with Crippen molar-refractivity contribution in [2.45, 2.75) is 57.5 Å². The summed E-state index contributed by atoms with van der Waals surface area (Å²) in [5, 5.41) is 8.69. The maximum atomic E-state index is 6.35. The molecule has 1 unspecified atom stereocenters. The first-order valence-corrected chi connectivity index (χ1v) is 7.96. The number of nitrogens with two attached hydrogens (primary N) is 1. The highest BCUT2D eigenvalue weighted by molar-refractivity contribution is 5.19. The molecule has 0 spiro atoms. The summed E-state index contributed by atoms with van der Waals surface area (Å²) in [6.07, 6.45) is 7.22. The Morgan fingerprint density at radius 2 is 1.86 bits per heavy atom. The predicted molar refractivity (Wildman–Crippen MR) is 84.0 cm³/mol. The lowest BCUT2D eigenvalue weighted by atomic mass is 9.94. The van der Waals surface area contributed by atoms with Crippen LogP contribution >= 0.6 is 0 Å². The van der Waals surface area contributed by atoms with E-state index in [4.69, 9.17) is 5.73 Å². The Morgan fingerprint density at radius 3 is 2.57 bits per heavy atom. The number of benzene rings is 1. The van der Waals surface area contributed by atoms with Gasteiger partial charge in [-0.15, -0.1) is 10.2 Å². The van der Waals surface area contributed by atoms with Gasteiger partial charge in [-0.05, 0) is 25.3 Å². The van der Waals surface area contributed by atoms with Crippen LogP contribution in [-0.2, 0) is 6.42 Å². The smallest absolute Gasteiger partial charge is 0.135 e. The average molecular weight is 284 g/mol. The Balaban J connectivity index is 1.79. The number of nitrogens with zero attached hydrogens (tertiary/aromatic N) is 3. The lowest BCUT2D eigenvalue weighted by Gasteiger charge is -2.26. The van der Waals surface area contributed by atoms with Crippen molar-refractivity contribution in [2.24, 2.45) is 5.73 Å². The van der Waals surface area contributed by atoms with Crippen molar-refractivity contribution >= 4 is 0 Å². The predicted octanol–water partition coefficient (Wildman–Crippen LogP) is 3.33. The molecule has 0 bridgehead atoms. The largest absolute Gasteiger partial charge is 0.324 e. The summed E-state index contributed by atoms with van der Waals surface area (Å²) >= 11 is 0. The van der Waals surface area contributed by atoms with Crippen molar-refractivity contribution in [1.82, 2.24) is 14.8 Å². The van der Waals surface area contributed by atoms with E-state index in [2.05, 4.69) is 33.8 Å². The molecular weight excluding hydrogens is 260 g/mol. The molecule has 2 aromatic rings. The van der Waals surface area contributed by atoms with Crippen molar-refractivity contribution < 1.29 is 0 Å². The van der Waals surface area contributed by atoms with E-state index < -0.39 is 0 Å². The van der Waals surface area contributed by atoms with E-state index >= 15 is 0 Å². The molecule has 4 heteroatoms. The third-order valence-electron chi connectivity index (χ3n) is 4.51. The Bertz CT molecular complexity index is 570. The lowest BCUT2D eigenvalue weighted by Crippen LogP contribution is -2.21. The van der Waals surface area contributed by atoms with E-state index in [1.807, 2.05) is 18.2 Å². The number of rotatable bonds is 4. The van der Waals surface area contributed by atoms with Crippen LogP contribution in [0, 0.1) is 6.92 Å². The van der Waals surface area contributed by atoms with Gasteiger partial charge >= 0.3 is 0 Å². The molecule has 2 N–H and O–H groups in total. The maximum Gasteiger partial charge on any atom is 0.135 e. The highest BCUT2D eigenvalue weighted by Gasteiger charge is 2.22. The fourth-order valence-corrected chi connectivity index (χ4v) is 3.38. The summed E-state index contributed by atoms with van der Waals surface area (Å²) in [7, 11) is 0. The van der Waals surface area contributed by atoms with Gasteiger partial charge in [-0.2, -0.15) is 0 Å². The Kier molecular flexibility index (Phi) is 4.34. The van der Waals surface area contributed by atoms with Gasteiger partial charge in [0.2, 0.25) is 0 Å².